The summed E-state index contributed by atoms with van der Waals surface area (Å²) in [4.78, 5) is 16.8. The predicted octanol–water partition coefficient (Wildman–Crippen LogP) is 1.11. The van der Waals surface area contributed by atoms with Crippen molar-refractivity contribution >= 4 is 5.91 Å². The van der Waals surface area contributed by atoms with Crippen LogP contribution in [-0.2, 0) is 11.2 Å². The topological polar surface area (TPSA) is 49.6 Å². The van der Waals surface area contributed by atoms with Crippen molar-refractivity contribution in [1.82, 2.24) is 9.80 Å². The summed E-state index contributed by atoms with van der Waals surface area (Å²) < 4.78 is 0. The van der Waals surface area contributed by atoms with Gasteiger partial charge in [0.15, 0.2) is 0 Å². The third-order valence-corrected chi connectivity index (χ3v) is 3.95. The first-order valence-electron chi connectivity index (χ1n) is 7.36. The van der Waals surface area contributed by atoms with Crippen molar-refractivity contribution in [2.45, 2.75) is 31.8 Å². The summed E-state index contributed by atoms with van der Waals surface area (Å²) in [5, 5.41) is 0. The van der Waals surface area contributed by atoms with Crippen LogP contribution in [0.15, 0.2) is 30.3 Å². The minimum absolute atomic E-state index is 0.0802. The van der Waals surface area contributed by atoms with Crippen LogP contribution in [0.1, 0.15) is 18.9 Å². The Bertz CT molecular complexity index is 435. The Hall–Kier alpha value is -1.39. The monoisotopic (exact) mass is 275 g/mol. The molecule has 4 nitrogen and oxygen atoms in total. The Kier molecular flexibility index (Phi) is 5.15. The Morgan fingerprint density at radius 1 is 1.35 bits per heavy atom. The van der Waals surface area contributed by atoms with E-state index in [4.69, 9.17) is 5.73 Å². The standard InChI is InChI=1S/C16H25N3O/c1-13-12-18(2)9-6-10-19(13)16(20)15(17)11-14-7-4-3-5-8-14/h3-5,7-8,13,15H,6,9-12,17H2,1-2H3/t13?,15-/m0/s1. The predicted molar refractivity (Wildman–Crippen MR) is 81.4 cm³/mol. The SMILES string of the molecule is CC1CN(C)CCCN1C(=O)[C@@H](N)Cc1ccccc1. The van der Waals surface area contributed by atoms with Crippen molar-refractivity contribution in [3.05, 3.63) is 35.9 Å². The van der Waals surface area contributed by atoms with E-state index in [9.17, 15) is 4.79 Å². The van der Waals surface area contributed by atoms with E-state index < -0.39 is 6.04 Å². The maximum atomic E-state index is 12.6. The average Bonchev–Trinajstić information content (AvgIpc) is 2.59. The summed E-state index contributed by atoms with van der Waals surface area (Å²) in [5.74, 6) is 0.0802. The number of hydrogen-bond acceptors (Lipinski definition) is 3. The Labute approximate surface area is 121 Å². The molecule has 1 amide bonds. The summed E-state index contributed by atoms with van der Waals surface area (Å²) >= 11 is 0. The third-order valence-electron chi connectivity index (χ3n) is 3.95. The smallest absolute Gasteiger partial charge is 0.240 e. The Morgan fingerprint density at radius 3 is 2.75 bits per heavy atom. The van der Waals surface area contributed by atoms with Crippen LogP contribution in [0.3, 0.4) is 0 Å². The minimum atomic E-state index is -0.441. The van der Waals surface area contributed by atoms with Crippen molar-refractivity contribution in [2.75, 3.05) is 26.7 Å². The van der Waals surface area contributed by atoms with Crippen LogP contribution in [0.25, 0.3) is 0 Å². The molecule has 0 aliphatic carbocycles. The second-order valence-electron chi connectivity index (χ2n) is 5.79. The lowest BCUT2D eigenvalue weighted by molar-refractivity contribution is -0.134. The maximum Gasteiger partial charge on any atom is 0.240 e. The number of hydrogen-bond donors (Lipinski definition) is 1. The molecule has 0 aromatic heterocycles. The molecule has 0 saturated carbocycles. The van der Waals surface area contributed by atoms with Crippen LogP contribution in [-0.4, -0.2) is 54.5 Å². The lowest BCUT2D eigenvalue weighted by Crippen LogP contribution is -2.50. The highest BCUT2D eigenvalue weighted by Gasteiger charge is 2.27. The lowest BCUT2D eigenvalue weighted by Gasteiger charge is -2.30. The van der Waals surface area contributed by atoms with Gasteiger partial charge in [0.05, 0.1) is 6.04 Å². The first-order valence-corrected chi connectivity index (χ1v) is 7.36. The molecule has 1 aliphatic rings. The van der Waals surface area contributed by atoms with Crippen LogP contribution < -0.4 is 5.73 Å². The zero-order valence-corrected chi connectivity index (χ0v) is 12.5. The van der Waals surface area contributed by atoms with Gasteiger partial charge in [-0.2, -0.15) is 0 Å². The molecule has 0 radical (unpaired) electrons. The highest BCUT2D eigenvalue weighted by molar-refractivity contribution is 5.82. The van der Waals surface area contributed by atoms with Gasteiger partial charge in [-0.05, 0) is 38.9 Å². The fourth-order valence-electron chi connectivity index (χ4n) is 2.87. The lowest BCUT2D eigenvalue weighted by atomic mass is 10.0. The van der Waals surface area contributed by atoms with Gasteiger partial charge in [0.2, 0.25) is 5.91 Å². The third kappa shape index (κ3) is 3.81. The van der Waals surface area contributed by atoms with E-state index in [-0.39, 0.29) is 11.9 Å². The first kappa shape index (κ1) is 15.0. The van der Waals surface area contributed by atoms with Gasteiger partial charge in [-0.25, -0.2) is 0 Å². The second-order valence-corrected chi connectivity index (χ2v) is 5.79. The summed E-state index contributed by atoms with van der Waals surface area (Å²) in [7, 11) is 2.11. The van der Waals surface area contributed by atoms with Gasteiger partial charge in [-0.3, -0.25) is 4.79 Å². The van der Waals surface area contributed by atoms with Crippen molar-refractivity contribution in [1.29, 1.82) is 0 Å². The summed E-state index contributed by atoms with van der Waals surface area (Å²) in [6, 6.07) is 9.77. The summed E-state index contributed by atoms with van der Waals surface area (Å²) in [6.45, 7) is 4.88. The maximum absolute atomic E-state index is 12.6. The number of nitrogens with zero attached hydrogens (tertiary/aromatic N) is 2. The van der Waals surface area contributed by atoms with Gasteiger partial charge in [0.1, 0.15) is 0 Å². The largest absolute Gasteiger partial charge is 0.337 e. The summed E-state index contributed by atoms with van der Waals surface area (Å²) in [6.07, 6.45) is 1.63. The number of nitrogens with two attached hydrogens (primary N) is 1. The van der Waals surface area contributed by atoms with E-state index in [0.29, 0.717) is 6.42 Å². The number of benzene rings is 1. The van der Waals surface area contributed by atoms with Gasteiger partial charge in [-0.1, -0.05) is 30.3 Å². The molecule has 1 fully saturated rings. The number of carbonyl (C=O) groups is 1. The second kappa shape index (κ2) is 6.86. The molecule has 1 unspecified atom stereocenters. The van der Waals surface area contributed by atoms with Gasteiger partial charge in [-0.15, -0.1) is 0 Å². The van der Waals surface area contributed by atoms with Crippen molar-refractivity contribution in [3.8, 4) is 0 Å². The van der Waals surface area contributed by atoms with Crippen LogP contribution in [0, 0.1) is 0 Å². The van der Waals surface area contributed by atoms with E-state index in [1.54, 1.807) is 0 Å². The molecule has 4 heteroatoms. The van der Waals surface area contributed by atoms with E-state index in [2.05, 4.69) is 18.9 Å². The fraction of sp³-hybridized carbons (Fsp3) is 0.562. The van der Waals surface area contributed by atoms with Gasteiger partial charge in [0, 0.05) is 19.1 Å². The normalized spacial score (nSPS) is 22.4. The van der Waals surface area contributed by atoms with E-state index >= 15 is 0 Å². The van der Waals surface area contributed by atoms with Crippen LogP contribution >= 0.6 is 0 Å². The van der Waals surface area contributed by atoms with E-state index in [1.165, 1.54) is 0 Å². The molecule has 0 spiro atoms. The molecule has 1 aliphatic heterocycles. The molecule has 1 aromatic rings. The zero-order valence-electron chi connectivity index (χ0n) is 12.5. The molecule has 1 aromatic carbocycles. The van der Waals surface area contributed by atoms with Gasteiger partial charge in [0.25, 0.3) is 0 Å². The molecule has 2 rings (SSSR count). The molecule has 0 bridgehead atoms. The molecular formula is C16H25N3O. The number of carbonyl (C=O) groups excluding carboxylic acids is 1. The van der Waals surface area contributed by atoms with E-state index in [1.807, 2.05) is 35.2 Å². The molecular weight excluding hydrogens is 250 g/mol. The molecule has 2 atom stereocenters. The average molecular weight is 275 g/mol. The number of likely N-dealkylation sites (N-methyl/N-ethyl adjacent to an activating group) is 1. The van der Waals surface area contributed by atoms with E-state index in [0.717, 1.165) is 31.6 Å². The van der Waals surface area contributed by atoms with Crippen molar-refractivity contribution in [3.63, 3.8) is 0 Å². The van der Waals surface area contributed by atoms with Gasteiger partial charge < -0.3 is 15.5 Å². The highest BCUT2D eigenvalue weighted by Crippen LogP contribution is 2.12. The first-order chi connectivity index (χ1) is 9.58. The molecule has 1 heterocycles. The van der Waals surface area contributed by atoms with Crippen molar-refractivity contribution in [2.24, 2.45) is 5.73 Å². The number of rotatable bonds is 3. The summed E-state index contributed by atoms with van der Waals surface area (Å²) in [5.41, 5.74) is 7.24. The molecule has 2 N–H and O–H groups in total. The molecule has 110 valence electrons. The Morgan fingerprint density at radius 2 is 2.05 bits per heavy atom. The van der Waals surface area contributed by atoms with Crippen LogP contribution in [0.5, 0.6) is 0 Å². The van der Waals surface area contributed by atoms with Crippen molar-refractivity contribution < 1.29 is 4.79 Å². The molecule has 1 saturated heterocycles. The quantitative estimate of drug-likeness (QED) is 0.899. The van der Waals surface area contributed by atoms with Gasteiger partial charge >= 0.3 is 0 Å². The minimum Gasteiger partial charge on any atom is -0.337 e. The Balaban J connectivity index is 1.98. The fourth-order valence-corrected chi connectivity index (χ4v) is 2.87. The number of amides is 1. The zero-order chi connectivity index (χ0) is 14.5. The highest BCUT2D eigenvalue weighted by atomic mass is 16.2. The molecule has 20 heavy (non-hydrogen) atoms. The van der Waals surface area contributed by atoms with Crippen LogP contribution in [0.2, 0.25) is 0 Å². The van der Waals surface area contributed by atoms with Crippen LogP contribution in [0.4, 0.5) is 0 Å².